The minimum Gasteiger partial charge on any atom is -0.398 e. The number of benzene rings is 1. The molecule has 2 aromatic rings. The molecule has 19 heavy (non-hydrogen) atoms. The summed E-state index contributed by atoms with van der Waals surface area (Å²) in [5.74, 6) is 1.73. The lowest BCUT2D eigenvalue weighted by atomic mass is 10.1. The fourth-order valence-corrected chi connectivity index (χ4v) is 3.37. The Bertz CT molecular complexity index is 581. The molecule has 0 saturated carbocycles. The van der Waals surface area contributed by atoms with E-state index in [4.69, 9.17) is 10.3 Å². The lowest BCUT2D eigenvalue weighted by Crippen LogP contribution is -2.03. The Hall–Kier alpha value is -1.56. The van der Waals surface area contributed by atoms with E-state index in [1.165, 1.54) is 31.0 Å². The third-order valence-corrected chi connectivity index (χ3v) is 4.53. The van der Waals surface area contributed by atoms with Gasteiger partial charge in [-0.3, -0.25) is 0 Å². The fraction of sp³-hybridized carbons (Fsp3) is 0.385. The molecule has 1 fully saturated rings. The van der Waals surface area contributed by atoms with Crippen molar-refractivity contribution in [3.05, 3.63) is 29.8 Å². The maximum atomic E-state index is 13.2. The number of hydrogen-bond donors (Lipinski definition) is 1. The third-order valence-electron chi connectivity index (χ3n) is 3.16. The van der Waals surface area contributed by atoms with Crippen LogP contribution in [0.25, 0.3) is 11.5 Å². The first-order valence-electron chi connectivity index (χ1n) is 6.24. The number of halogens is 1. The summed E-state index contributed by atoms with van der Waals surface area (Å²) in [7, 11) is 0. The number of rotatable bonds is 2. The average molecular weight is 279 g/mol. The third kappa shape index (κ3) is 2.58. The number of nitrogens with two attached hydrogens (primary N) is 1. The predicted molar refractivity (Wildman–Crippen MR) is 73.2 cm³/mol. The van der Waals surface area contributed by atoms with Gasteiger partial charge in [-0.15, -0.1) is 0 Å². The van der Waals surface area contributed by atoms with Gasteiger partial charge in [-0.05, 0) is 36.8 Å². The Morgan fingerprint density at radius 3 is 3.05 bits per heavy atom. The van der Waals surface area contributed by atoms with Gasteiger partial charge in [-0.25, -0.2) is 4.39 Å². The van der Waals surface area contributed by atoms with Crippen LogP contribution in [0.2, 0.25) is 0 Å². The van der Waals surface area contributed by atoms with Crippen molar-refractivity contribution >= 4 is 17.4 Å². The molecular weight excluding hydrogens is 265 g/mol. The van der Waals surface area contributed by atoms with Crippen molar-refractivity contribution in [2.45, 2.75) is 24.5 Å². The molecule has 2 heterocycles. The van der Waals surface area contributed by atoms with Crippen LogP contribution in [0.1, 0.15) is 30.3 Å². The molecule has 0 spiro atoms. The zero-order valence-electron chi connectivity index (χ0n) is 10.3. The summed E-state index contributed by atoms with van der Waals surface area (Å²) in [6.45, 7) is 0. The van der Waals surface area contributed by atoms with Crippen LogP contribution >= 0.6 is 11.8 Å². The molecule has 1 atom stereocenters. The van der Waals surface area contributed by atoms with Crippen molar-refractivity contribution in [3.8, 4) is 11.5 Å². The van der Waals surface area contributed by atoms with E-state index in [-0.39, 0.29) is 17.0 Å². The molecule has 1 aromatic heterocycles. The van der Waals surface area contributed by atoms with E-state index >= 15 is 0 Å². The van der Waals surface area contributed by atoms with Gasteiger partial charge in [0, 0.05) is 5.69 Å². The summed E-state index contributed by atoms with van der Waals surface area (Å²) in [5, 5.41) is 4.28. The van der Waals surface area contributed by atoms with Crippen molar-refractivity contribution in [1.82, 2.24) is 10.1 Å². The zero-order valence-corrected chi connectivity index (χ0v) is 11.1. The number of nitrogens with zero attached hydrogens (tertiary/aromatic N) is 2. The van der Waals surface area contributed by atoms with Gasteiger partial charge in [-0.1, -0.05) is 11.6 Å². The maximum Gasteiger partial charge on any atom is 0.260 e. The Balaban J connectivity index is 1.89. The highest BCUT2D eigenvalue weighted by Crippen LogP contribution is 2.37. The first kappa shape index (κ1) is 12.5. The van der Waals surface area contributed by atoms with Crippen LogP contribution in [0.15, 0.2) is 22.7 Å². The van der Waals surface area contributed by atoms with Gasteiger partial charge in [0.15, 0.2) is 5.82 Å². The lowest BCUT2D eigenvalue weighted by Gasteiger charge is -2.17. The lowest BCUT2D eigenvalue weighted by molar-refractivity contribution is 0.420. The highest BCUT2D eigenvalue weighted by molar-refractivity contribution is 7.99. The number of thioether (sulfide) groups is 1. The van der Waals surface area contributed by atoms with E-state index in [1.807, 2.05) is 11.8 Å². The van der Waals surface area contributed by atoms with E-state index in [2.05, 4.69) is 10.1 Å². The Morgan fingerprint density at radius 1 is 1.37 bits per heavy atom. The van der Waals surface area contributed by atoms with E-state index in [0.29, 0.717) is 17.1 Å². The number of anilines is 1. The molecule has 0 amide bonds. The van der Waals surface area contributed by atoms with E-state index < -0.39 is 0 Å². The summed E-state index contributed by atoms with van der Waals surface area (Å²) >= 11 is 1.84. The number of aromatic nitrogens is 2. The minimum atomic E-state index is -0.365. The molecule has 1 unspecified atom stereocenters. The van der Waals surface area contributed by atoms with Gasteiger partial charge in [0.25, 0.3) is 5.89 Å². The summed E-state index contributed by atoms with van der Waals surface area (Å²) in [5.41, 5.74) is 6.71. The fourth-order valence-electron chi connectivity index (χ4n) is 2.13. The molecular formula is C13H14FN3OS. The first-order valence-corrected chi connectivity index (χ1v) is 7.29. The summed E-state index contributed by atoms with van der Waals surface area (Å²) < 4.78 is 18.5. The van der Waals surface area contributed by atoms with Crippen LogP contribution in [0, 0.1) is 5.82 Å². The molecule has 4 nitrogen and oxygen atoms in total. The SMILES string of the molecule is Nc1ccc(F)cc1-c1nc(C2CCCCS2)no1. The number of nitrogen functional groups attached to an aromatic ring is 1. The Morgan fingerprint density at radius 2 is 2.26 bits per heavy atom. The second kappa shape index (κ2) is 5.21. The van der Waals surface area contributed by atoms with Crippen molar-refractivity contribution in [2.24, 2.45) is 0 Å². The molecule has 1 saturated heterocycles. The van der Waals surface area contributed by atoms with Crippen LogP contribution in [0.3, 0.4) is 0 Å². The van der Waals surface area contributed by atoms with Crippen LogP contribution < -0.4 is 5.73 Å². The van der Waals surface area contributed by atoms with Gasteiger partial charge in [-0.2, -0.15) is 16.7 Å². The molecule has 1 aliphatic rings. The quantitative estimate of drug-likeness (QED) is 0.853. The molecule has 0 radical (unpaired) electrons. The Labute approximate surface area is 114 Å². The molecule has 6 heteroatoms. The largest absolute Gasteiger partial charge is 0.398 e. The predicted octanol–water partition coefficient (Wildman–Crippen LogP) is 3.42. The number of hydrogen-bond acceptors (Lipinski definition) is 5. The smallest absolute Gasteiger partial charge is 0.260 e. The minimum absolute atomic E-state index is 0.279. The van der Waals surface area contributed by atoms with Gasteiger partial charge in [0.05, 0.1) is 10.8 Å². The monoisotopic (exact) mass is 279 g/mol. The van der Waals surface area contributed by atoms with E-state index in [0.717, 1.165) is 12.2 Å². The molecule has 100 valence electrons. The van der Waals surface area contributed by atoms with E-state index in [9.17, 15) is 4.39 Å². The van der Waals surface area contributed by atoms with Crippen LogP contribution in [-0.4, -0.2) is 15.9 Å². The van der Waals surface area contributed by atoms with Crippen LogP contribution in [0.5, 0.6) is 0 Å². The molecule has 0 aliphatic carbocycles. The molecule has 1 aliphatic heterocycles. The van der Waals surface area contributed by atoms with Crippen molar-refractivity contribution in [3.63, 3.8) is 0 Å². The summed E-state index contributed by atoms with van der Waals surface area (Å²) in [6.07, 6.45) is 3.48. The van der Waals surface area contributed by atoms with E-state index in [1.54, 1.807) is 0 Å². The normalized spacial score (nSPS) is 19.5. The van der Waals surface area contributed by atoms with Gasteiger partial charge in [0.1, 0.15) is 5.82 Å². The van der Waals surface area contributed by atoms with Crippen molar-refractivity contribution in [1.29, 1.82) is 0 Å². The second-order valence-electron chi connectivity index (χ2n) is 4.54. The van der Waals surface area contributed by atoms with Crippen molar-refractivity contribution < 1.29 is 8.91 Å². The Kier molecular flexibility index (Phi) is 3.42. The van der Waals surface area contributed by atoms with Gasteiger partial charge >= 0.3 is 0 Å². The van der Waals surface area contributed by atoms with Crippen LogP contribution in [0.4, 0.5) is 10.1 Å². The van der Waals surface area contributed by atoms with Crippen LogP contribution in [-0.2, 0) is 0 Å². The maximum absolute atomic E-state index is 13.2. The van der Waals surface area contributed by atoms with Crippen molar-refractivity contribution in [2.75, 3.05) is 11.5 Å². The molecule has 2 N–H and O–H groups in total. The standard InChI is InChI=1S/C13H14FN3OS/c14-8-4-5-10(15)9(7-8)13-16-12(17-18-13)11-3-1-2-6-19-11/h4-5,7,11H,1-3,6,15H2. The zero-order chi connectivity index (χ0) is 13.2. The van der Waals surface area contributed by atoms with Gasteiger partial charge < -0.3 is 10.3 Å². The molecule has 0 bridgehead atoms. The highest BCUT2D eigenvalue weighted by atomic mass is 32.2. The van der Waals surface area contributed by atoms with Gasteiger partial charge in [0.2, 0.25) is 0 Å². The highest BCUT2D eigenvalue weighted by Gasteiger charge is 2.22. The second-order valence-corrected chi connectivity index (χ2v) is 5.86. The average Bonchev–Trinajstić information content (AvgIpc) is 2.92. The first-order chi connectivity index (χ1) is 9.24. The summed E-state index contributed by atoms with van der Waals surface area (Å²) in [6, 6.07) is 4.14. The molecule has 1 aromatic carbocycles. The topological polar surface area (TPSA) is 64.9 Å². The summed E-state index contributed by atoms with van der Waals surface area (Å²) in [4.78, 5) is 4.36. The molecule has 3 rings (SSSR count).